The molecule has 0 bridgehead atoms. The van der Waals surface area contributed by atoms with Crippen LogP contribution in [0.4, 0.5) is 13.2 Å². The number of aryl methyl sites for hydroxylation is 1. The quantitative estimate of drug-likeness (QED) is 0.872. The standard InChI is InChI=1S/C9H13F3N2S/c1-6(8-7(2)14-5-15-8)13-4-3-9(10,11)12/h5-6,13H,3-4H2,1-2H3. The molecule has 0 spiro atoms. The average Bonchev–Trinajstić information content (AvgIpc) is 2.48. The van der Waals surface area contributed by atoms with Crippen molar-refractivity contribution in [3.8, 4) is 0 Å². The highest BCUT2D eigenvalue weighted by molar-refractivity contribution is 7.09. The highest BCUT2D eigenvalue weighted by Crippen LogP contribution is 2.22. The minimum atomic E-state index is -4.09. The van der Waals surface area contributed by atoms with Gasteiger partial charge in [-0.25, -0.2) is 4.98 Å². The fourth-order valence-corrected chi connectivity index (χ4v) is 2.08. The van der Waals surface area contributed by atoms with Gasteiger partial charge in [-0.1, -0.05) is 0 Å². The van der Waals surface area contributed by atoms with Crippen molar-refractivity contribution >= 4 is 11.3 Å². The van der Waals surface area contributed by atoms with Gasteiger partial charge in [-0.05, 0) is 13.8 Å². The van der Waals surface area contributed by atoms with Crippen LogP contribution in [0.1, 0.15) is 30.0 Å². The maximum absolute atomic E-state index is 11.9. The molecule has 1 heterocycles. The summed E-state index contributed by atoms with van der Waals surface area (Å²) in [6, 6.07) is -0.0696. The Kier molecular flexibility index (Phi) is 4.10. The summed E-state index contributed by atoms with van der Waals surface area (Å²) in [5, 5.41) is 2.83. The molecule has 1 aromatic heterocycles. The molecule has 1 aromatic rings. The van der Waals surface area contributed by atoms with Gasteiger partial charge in [0.2, 0.25) is 0 Å². The van der Waals surface area contributed by atoms with Crippen LogP contribution < -0.4 is 5.32 Å². The molecule has 1 rings (SSSR count). The number of thiazole rings is 1. The van der Waals surface area contributed by atoms with Gasteiger partial charge >= 0.3 is 6.18 Å². The first-order chi connectivity index (χ1) is 6.90. The summed E-state index contributed by atoms with van der Waals surface area (Å²) in [5.74, 6) is 0. The van der Waals surface area contributed by atoms with Gasteiger partial charge in [0, 0.05) is 17.5 Å². The molecular weight excluding hydrogens is 225 g/mol. The zero-order valence-corrected chi connectivity index (χ0v) is 9.37. The van der Waals surface area contributed by atoms with E-state index in [1.54, 1.807) is 5.51 Å². The third kappa shape index (κ3) is 4.17. The van der Waals surface area contributed by atoms with Crippen LogP contribution in [0, 0.1) is 6.92 Å². The number of hydrogen-bond donors (Lipinski definition) is 1. The number of rotatable bonds is 4. The summed E-state index contributed by atoms with van der Waals surface area (Å²) < 4.78 is 35.6. The van der Waals surface area contributed by atoms with Gasteiger partial charge in [-0.15, -0.1) is 11.3 Å². The van der Waals surface area contributed by atoms with Crippen molar-refractivity contribution in [2.75, 3.05) is 6.54 Å². The first-order valence-corrected chi connectivity index (χ1v) is 5.48. The Morgan fingerprint density at radius 2 is 2.20 bits per heavy atom. The van der Waals surface area contributed by atoms with E-state index < -0.39 is 12.6 Å². The number of aromatic nitrogens is 1. The smallest absolute Gasteiger partial charge is 0.309 e. The predicted molar refractivity (Wildman–Crippen MR) is 53.9 cm³/mol. The van der Waals surface area contributed by atoms with E-state index in [0.29, 0.717) is 0 Å². The fraction of sp³-hybridized carbons (Fsp3) is 0.667. The molecular formula is C9H13F3N2S. The largest absolute Gasteiger partial charge is 0.390 e. The van der Waals surface area contributed by atoms with E-state index >= 15 is 0 Å². The van der Waals surface area contributed by atoms with Crippen molar-refractivity contribution < 1.29 is 13.2 Å². The van der Waals surface area contributed by atoms with Gasteiger partial charge in [0.05, 0.1) is 17.6 Å². The number of nitrogens with zero attached hydrogens (tertiary/aromatic N) is 1. The summed E-state index contributed by atoms with van der Waals surface area (Å²) in [5.41, 5.74) is 2.58. The van der Waals surface area contributed by atoms with Crippen molar-refractivity contribution in [2.24, 2.45) is 0 Å². The summed E-state index contributed by atoms with van der Waals surface area (Å²) in [7, 11) is 0. The lowest BCUT2D eigenvalue weighted by molar-refractivity contribution is -0.133. The summed E-state index contributed by atoms with van der Waals surface area (Å²) in [6.07, 6.45) is -4.88. The molecule has 0 aliphatic carbocycles. The molecule has 0 radical (unpaired) electrons. The van der Waals surface area contributed by atoms with E-state index in [1.165, 1.54) is 11.3 Å². The highest BCUT2D eigenvalue weighted by Gasteiger charge is 2.26. The molecule has 15 heavy (non-hydrogen) atoms. The Balaban J connectivity index is 2.37. The van der Waals surface area contributed by atoms with Crippen LogP contribution >= 0.6 is 11.3 Å². The Bertz CT molecular complexity index is 309. The van der Waals surface area contributed by atoms with Crippen molar-refractivity contribution in [1.82, 2.24) is 10.3 Å². The summed E-state index contributed by atoms with van der Waals surface area (Å²) in [6.45, 7) is 3.65. The van der Waals surface area contributed by atoms with Crippen LogP contribution in [0.15, 0.2) is 5.51 Å². The monoisotopic (exact) mass is 238 g/mol. The van der Waals surface area contributed by atoms with E-state index in [1.807, 2.05) is 13.8 Å². The molecule has 0 aromatic carbocycles. The second-order valence-corrected chi connectivity index (χ2v) is 4.23. The fourth-order valence-electron chi connectivity index (χ4n) is 1.25. The van der Waals surface area contributed by atoms with Crippen molar-refractivity contribution in [1.29, 1.82) is 0 Å². The maximum Gasteiger partial charge on any atom is 0.390 e. The number of halogens is 3. The van der Waals surface area contributed by atoms with Gasteiger partial charge in [-0.2, -0.15) is 13.2 Å². The molecule has 2 nitrogen and oxygen atoms in total. The minimum absolute atomic E-state index is 0.0536. The number of nitrogens with one attached hydrogen (secondary N) is 1. The van der Waals surface area contributed by atoms with Crippen molar-refractivity contribution in [2.45, 2.75) is 32.5 Å². The van der Waals surface area contributed by atoms with Crippen LogP contribution in [-0.2, 0) is 0 Å². The normalized spacial score (nSPS) is 14.2. The minimum Gasteiger partial charge on any atom is -0.309 e. The van der Waals surface area contributed by atoms with Gasteiger partial charge in [0.25, 0.3) is 0 Å². The highest BCUT2D eigenvalue weighted by atomic mass is 32.1. The molecule has 0 fully saturated rings. The van der Waals surface area contributed by atoms with Gasteiger partial charge in [0.15, 0.2) is 0 Å². The molecule has 0 saturated carbocycles. The molecule has 0 amide bonds. The molecule has 6 heteroatoms. The van der Waals surface area contributed by atoms with Gasteiger partial charge in [0.1, 0.15) is 0 Å². The van der Waals surface area contributed by atoms with Crippen LogP contribution in [0.5, 0.6) is 0 Å². The molecule has 1 unspecified atom stereocenters. The lowest BCUT2D eigenvalue weighted by Gasteiger charge is -2.13. The van der Waals surface area contributed by atoms with Crippen molar-refractivity contribution in [3.05, 3.63) is 16.1 Å². The first kappa shape index (κ1) is 12.4. The van der Waals surface area contributed by atoms with E-state index in [-0.39, 0.29) is 12.6 Å². The second-order valence-electron chi connectivity index (χ2n) is 3.34. The Morgan fingerprint density at radius 3 is 2.67 bits per heavy atom. The van der Waals surface area contributed by atoms with E-state index in [0.717, 1.165) is 10.6 Å². The zero-order valence-electron chi connectivity index (χ0n) is 8.56. The van der Waals surface area contributed by atoms with E-state index in [2.05, 4.69) is 10.3 Å². The van der Waals surface area contributed by atoms with Crippen LogP contribution in [-0.4, -0.2) is 17.7 Å². The van der Waals surface area contributed by atoms with E-state index in [4.69, 9.17) is 0 Å². The van der Waals surface area contributed by atoms with E-state index in [9.17, 15) is 13.2 Å². The van der Waals surface area contributed by atoms with Crippen LogP contribution in [0.25, 0.3) is 0 Å². The third-order valence-electron chi connectivity index (χ3n) is 2.03. The lowest BCUT2D eigenvalue weighted by Crippen LogP contribution is -2.24. The third-order valence-corrected chi connectivity index (χ3v) is 3.15. The Morgan fingerprint density at radius 1 is 1.53 bits per heavy atom. The number of hydrogen-bond acceptors (Lipinski definition) is 3. The SMILES string of the molecule is Cc1ncsc1C(C)NCCC(F)(F)F. The predicted octanol–water partition coefficient (Wildman–Crippen LogP) is 3.05. The second kappa shape index (κ2) is 4.94. The Hall–Kier alpha value is -0.620. The molecule has 0 saturated heterocycles. The molecule has 0 aliphatic heterocycles. The molecule has 1 atom stereocenters. The van der Waals surface area contributed by atoms with Gasteiger partial charge in [-0.3, -0.25) is 0 Å². The zero-order chi connectivity index (χ0) is 11.5. The molecule has 0 aliphatic rings. The lowest BCUT2D eigenvalue weighted by atomic mass is 10.2. The summed E-state index contributed by atoms with van der Waals surface area (Å²) >= 11 is 1.46. The first-order valence-electron chi connectivity index (χ1n) is 4.60. The summed E-state index contributed by atoms with van der Waals surface area (Å²) in [4.78, 5) is 5.05. The van der Waals surface area contributed by atoms with Crippen LogP contribution in [0.3, 0.4) is 0 Å². The number of alkyl halides is 3. The Labute approximate surface area is 90.5 Å². The van der Waals surface area contributed by atoms with Crippen LogP contribution in [0.2, 0.25) is 0 Å². The molecule has 1 N–H and O–H groups in total. The average molecular weight is 238 g/mol. The van der Waals surface area contributed by atoms with Gasteiger partial charge < -0.3 is 5.32 Å². The van der Waals surface area contributed by atoms with Crippen molar-refractivity contribution in [3.63, 3.8) is 0 Å². The molecule has 86 valence electrons. The maximum atomic E-state index is 11.9. The topological polar surface area (TPSA) is 24.9 Å².